The molecule has 4 saturated carbocycles. The summed E-state index contributed by atoms with van der Waals surface area (Å²) in [6.45, 7) is 2.21. The maximum Gasteiger partial charge on any atom is 0.244 e. The van der Waals surface area contributed by atoms with Crippen LogP contribution in [0.4, 0.5) is 0 Å². The zero-order valence-corrected chi connectivity index (χ0v) is 16.1. The molecule has 1 unspecified atom stereocenters. The molecule has 134 valence electrons. The molecule has 4 heteroatoms. The minimum absolute atomic E-state index is 0.0192. The lowest BCUT2D eigenvalue weighted by Crippen LogP contribution is -2.55. The predicted octanol–water partition coefficient (Wildman–Crippen LogP) is 5.73. The summed E-state index contributed by atoms with van der Waals surface area (Å²) in [6.07, 6.45) is 11.6. The number of hydrogen-bond donors (Lipinski definition) is 1. The van der Waals surface area contributed by atoms with E-state index >= 15 is 0 Å². The third-order valence-electron chi connectivity index (χ3n) is 6.73. The van der Waals surface area contributed by atoms with Crippen molar-refractivity contribution in [1.82, 2.24) is 5.32 Å². The standard InChI is InChI=1S/C21H25Cl2NO/c1-13(21-10-15-6-16(11-21)8-17(7-15)12-21)24-20(25)5-3-14-2-4-18(22)19(23)9-14/h2-5,9,13,15-17H,6-8,10-12H2,1H3,(H,24,25). The lowest BCUT2D eigenvalue weighted by Gasteiger charge is -2.59. The zero-order valence-electron chi connectivity index (χ0n) is 14.6. The van der Waals surface area contributed by atoms with Crippen molar-refractivity contribution >= 4 is 35.2 Å². The molecule has 1 atom stereocenters. The first-order valence-electron chi connectivity index (χ1n) is 9.37. The number of nitrogens with one attached hydrogen (secondary N) is 1. The van der Waals surface area contributed by atoms with Crippen LogP contribution in [-0.4, -0.2) is 11.9 Å². The number of carbonyl (C=O) groups is 1. The van der Waals surface area contributed by atoms with Gasteiger partial charge in [-0.1, -0.05) is 29.3 Å². The molecule has 2 nitrogen and oxygen atoms in total. The van der Waals surface area contributed by atoms with Gasteiger partial charge in [0.15, 0.2) is 0 Å². The smallest absolute Gasteiger partial charge is 0.244 e. The van der Waals surface area contributed by atoms with Crippen LogP contribution in [-0.2, 0) is 4.79 Å². The molecule has 0 radical (unpaired) electrons. The van der Waals surface area contributed by atoms with E-state index in [-0.39, 0.29) is 11.9 Å². The van der Waals surface area contributed by atoms with Crippen molar-refractivity contribution in [3.63, 3.8) is 0 Å². The van der Waals surface area contributed by atoms with E-state index in [1.165, 1.54) is 38.5 Å². The van der Waals surface area contributed by atoms with E-state index in [1.54, 1.807) is 24.3 Å². The Morgan fingerprint density at radius 3 is 2.28 bits per heavy atom. The van der Waals surface area contributed by atoms with Gasteiger partial charge >= 0.3 is 0 Å². The van der Waals surface area contributed by atoms with E-state index in [0.29, 0.717) is 15.5 Å². The number of rotatable bonds is 4. The Morgan fingerprint density at radius 1 is 1.12 bits per heavy atom. The Balaban J connectivity index is 1.40. The molecule has 4 fully saturated rings. The van der Waals surface area contributed by atoms with Crippen LogP contribution in [0.1, 0.15) is 51.0 Å². The van der Waals surface area contributed by atoms with Gasteiger partial charge in [0.05, 0.1) is 10.0 Å². The first-order valence-corrected chi connectivity index (χ1v) is 10.1. The van der Waals surface area contributed by atoms with Crippen LogP contribution in [0.5, 0.6) is 0 Å². The van der Waals surface area contributed by atoms with E-state index in [4.69, 9.17) is 23.2 Å². The summed E-state index contributed by atoms with van der Waals surface area (Å²) >= 11 is 12.0. The largest absolute Gasteiger partial charge is 0.350 e. The van der Waals surface area contributed by atoms with Crippen molar-refractivity contribution in [2.24, 2.45) is 23.2 Å². The van der Waals surface area contributed by atoms with Crippen molar-refractivity contribution in [2.75, 3.05) is 0 Å². The molecule has 0 spiro atoms. The first-order chi connectivity index (χ1) is 11.9. The maximum atomic E-state index is 12.4. The lowest BCUT2D eigenvalue weighted by atomic mass is 9.48. The van der Waals surface area contributed by atoms with E-state index < -0.39 is 0 Å². The zero-order chi connectivity index (χ0) is 17.6. The molecule has 0 heterocycles. The molecule has 0 aliphatic heterocycles. The average Bonchev–Trinajstić information content (AvgIpc) is 2.54. The molecule has 25 heavy (non-hydrogen) atoms. The second-order valence-corrected chi connectivity index (χ2v) is 9.33. The molecular weight excluding hydrogens is 353 g/mol. The highest BCUT2D eigenvalue weighted by Gasteiger charge is 2.53. The Hall–Kier alpha value is -0.990. The Kier molecular flexibility index (Phi) is 4.62. The van der Waals surface area contributed by atoms with Crippen LogP contribution in [0, 0.1) is 23.2 Å². The van der Waals surface area contributed by atoms with E-state index in [2.05, 4.69) is 12.2 Å². The number of amides is 1. The lowest BCUT2D eigenvalue weighted by molar-refractivity contribution is -0.121. The second-order valence-electron chi connectivity index (χ2n) is 8.52. The molecule has 1 aromatic rings. The summed E-state index contributed by atoms with van der Waals surface area (Å²) < 4.78 is 0. The van der Waals surface area contributed by atoms with Gasteiger partial charge in [-0.05, 0) is 92.4 Å². The van der Waals surface area contributed by atoms with Crippen LogP contribution in [0.15, 0.2) is 24.3 Å². The van der Waals surface area contributed by atoms with E-state index in [0.717, 1.165) is 23.3 Å². The summed E-state index contributed by atoms with van der Waals surface area (Å²) in [6, 6.07) is 5.63. The van der Waals surface area contributed by atoms with Gasteiger partial charge in [0.25, 0.3) is 0 Å². The fraction of sp³-hybridized carbons (Fsp3) is 0.571. The summed E-state index contributed by atoms with van der Waals surface area (Å²) in [4.78, 5) is 12.4. The molecule has 5 rings (SSSR count). The highest BCUT2D eigenvalue weighted by Crippen LogP contribution is 2.61. The molecule has 0 saturated heterocycles. The minimum Gasteiger partial charge on any atom is -0.350 e. The summed E-state index contributed by atoms with van der Waals surface area (Å²) in [5.74, 6) is 2.68. The van der Waals surface area contributed by atoms with Gasteiger partial charge in [0, 0.05) is 12.1 Å². The molecule has 4 bridgehead atoms. The van der Waals surface area contributed by atoms with Crippen LogP contribution < -0.4 is 5.32 Å². The third-order valence-corrected chi connectivity index (χ3v) is 7.47. The summed E-state index contributed by atoms with van der Waals surface area (Å²) in [5.41, 5.74) is 1.22. The normalized spacial score (nSPS) is 34.4. The van der Waals surface area contributed by atoms with Gasteiger partial charge in [0.2, 0.25) is 5.91 Å². The van der Waals surface area contributed by atoms with Crippen molar-refractivity contribution in [1.29, 1.82) is 0 Å². The van der Waals surface area contributed by atoms with Gasteiger partial charge in [-0.2, -0.15) is 0 Å². The molecular formula is C21H25Cl2NO. The van der Waals surface area contributed by atoms with Crippen LogP contribution in [0.2, 0.25) is 10.0 Å². The van der Waals surface area contributed by atoms with Gasteiger partial charge in [-0.25, -0.2) is 0 Å². The van der Waals surface area contributed by atoms with Crippen LogP contribution >= 0.6 is 23.2 Å². The van der Waals surface area contributed by atoms with Crippen molar-refractivity contribution in [3.05, 3.63) is 39.9 Å². The average molecular weight is 378 g/mol. The fourth-order valence-electron chi connectivity index (χ4n) is 5.91. The molecule has 4 aliphatic rings. The monoisotopic (exact) mass is 377 g/mol. The first kappa shape index (κ1) is 17.4. The van der Waals surface area contributed by atoms with Gasteiger partial charge < -0.3 is 5.32 Å². The Labute approximate surface area is 160 Å². The van der Waals surface area contributed by atoms with Crippen molar-refractivity contribution < 1.29 is 4.79 Å². The van der Waals surface area contributed by atoms with Gasteiger partial charge in [-0.3, -0.25) is 4.79 Å². The molecule has 1 aromatic carbocycles. The second kappa shape index (κ2) is 6.63. The quantitative estimate of drug-likeness (QED) is 0.667. The highest BCUT2D eigenvalue weighted by atomic mass is 35.5. The summed E-state index contributed by atoms with van der Waals surface area (Å²) in [7, 11) is 0. The number of benzene rings is 1. The highest BCUT2D eigenvalue weighted by molar-refractivity contribution is 6.42. The van der Waals surface area contributed by atoms with E-state index in [1.807, 2.05) is 6.07 Å². The Bertz CT molecular complexity index is 677. The SMILES string of the molecule is CC(NC(=O)C=Cc1ccc(Cl)c(Cl)c1)C12CC3CC(CC(C3)C1)C2. The predicted molar refractivity (Wildman–Crippen MR) is 104 cm³/mol. The van der Waals surface area contributed by atoms with Gasteiger partial charge in [-0.15, -0.1) is 0 Å². The number of halogens is 2. The summed E-state index contributed by atoms with van der Waals surface area (Å²) in [5, 5.41) is 4.28. The molecule has 1 amide bonds. The minimum atomic E-state index is -0.0192. The topological polar surface area (TPSA) is 29.1 Å². The maximum absolute atomic E-state index is 12.4. The van der Waals surface area contributed by atoms with Crippen molar-refractivity contribution in [2.45, 2.75) is 51.5 Å². The number of hydrogen-bond acceptors (Lipinski definition) is 1. The third kappa shape index (κ3) is 3.48. The van der Waals surface area contributed by atoms with Crippen LogP contribution in [0.25, 0.3) is 6.08 Å². The van der Waals surface area contributed by atoms with Crippen LogP contribution in [0.3, 0.4) is 0 Å². The van der Waals surface area contributed by atoms with E-state index in [9.17, 15) is 4.79 Å². The molecule has 1 N–H and O–H groups in total. The Morgan fingerprint density at radius 2 is 1.72 bits per heavy atom. The molecule has 0 aromatic heterocycles. The van der Waals surface area contributed by atoms with Gasteiger partial charge in [0.1, 0.15) is 0 Å². The fourth-order valence-corrected chi connectivity index (χ4v) is 6.22. The van der Waals surface area contributed by atoms with Crippen molar-refractivity contribution in [3.8, 4) is 0 Å². The molecule has 4 aliphatic carbocycles. The number of carbonyl (C=O) groups excluding carboxylic acids is 1.